The summed E-state index contributed by atoms with van der Waals surface area (Å²) in [4.78, 5) is 10.7. The van der Waals surface area contributed by atoms with E-state index in [1.807, 2.05) is 0 Å². The summed E-state index contributed by atoms with van der Waals surface area (Å²) in [7, 11) is 0. The van der Waals surface area contributed by atoms with Crippen molar-refractivity contribution in [1.82, 2.24) is 0 Å². The number of hydrogen-bond donors (Lipinski definition) is 2. The molecule has 0 fully saturated rings. The minimum absolute atomic E-state index is 0.411. The Hall–Kier alpha value is -1.08. The van der Waals surface area contributed by atoms with Gasteiger partial charge in [-0.3, -0.25) is 4.79 Å². The van der Waals surface area contributed by atoms with E-state index >= 15 is 0 Å². The molecule has 1 aromatic rings. The summed E-state index contributed by atoms with van der Waals surface area (Å²) in [5, 5.41) is 8.71. The second-order valence-electron chi connectivity index (χ2n) is 3.01. The molecule has 3 nitrogen and oxygen atoms in total. The van der Waals surface area contributed by atoms with Gasteiger partial charge in [0.1, 0.15) is 17.5 Å². The van der Waals surface area contributed by atoms with E-state index in [9.17, 15) is 18.0 Å². The maximum Gasteiger partial charge on any atom is 0.312 e. The van der Waals surface area contributed by atoms with Gasteiger partial charge in [0.25, 0.3) is 0 Å². The SMILES string of the molecule is NCC(C(=O)O)c1c(F)cc(F)c(Br)c1F. The van der Waals surface area contributed by atoms with E-state index in [-0.39, 0.29) is 0 Å². The lowest BCUT2D eigenvalue weighted by atomic mass is 9.98. The highest BCUT2D eigenvalue weighted by molar-refractivity contribution is 9.10. The Morgan fingerprint density at radius 3 is 2.44 bits per heavy atom. The largest absolute Gasteiger partial charge is 0.481 e. The first kappa shape index (κ1) is 13.0. The molecule has 16 heavy (non-hydrogen) atoms. The van der Waals surface area contributed by atoms with E-state index < -0.39 is 45.9 Å². The van der Waals surface area contributed by atoms with Gasteiger partial charge in [-0.1, -0.05) is 0 Å². The number of aliphatic carboxylic acids is 1. The zero-order valence-corrected chi connectivity index (χ0v) is 9.39. The molecule has 0 amide bonds. The fourth-order valence-electron chi connectivity index (χ4n) is 1.24. The van der Waals surface area contributed by atoms with Crippen molar-refractivity contribution in [2.24, 2.45) is 5.73 Å². The lowest BCUT2D eigenvalue weighted by Gasteiger charge is -2.13. The van der Waals surface area contributed by atoms with Crippen LogP contribution in [-0.2, 0) is 4.79 Å². The molecular weight excluding hydrogens is 291 g/mol. The van der Waals surface area contributed by atoms with Crippen LogP contribution < -0.4 is 5.73 Å². The van der Waals surface area contributed by atoms with Gasteiger partial charge in [-0.2, -0.15) is 0 Å². The quantitative estimate of drug-likeness (QED) is 0.662. The van der Waals surface area contributed by atoms with E-state index in [1.54, 1.807) is 0 Å². The molecule has 3 N–H and O–H groups in total. The molecule has 1 rings (SSSR count). The number of hydrogen-bond acceptors (Lipinski definition) is 2. The summed E-state index contributed by atoms with van der Waals surface area (Å²) < 4.78 is 39.0. The van der Waals surface area contributed by atoms with Crippen LogP contribution in [0.5, 0.6) is 0 Å². The predicted octanol–water partition coefficient (Wildman–Crippen LogP) is 1.99. The third-order valence-corrected chi connectivity index (χ3v) is 2.76. The Labute approximate surface area is 97.2 Å². The normalized spacial score (nSPS) is 12.6. The average molecular weight is 298 g/mol. The van der Waals surface area contributed by atoms with Gasteiger partial charge in [-0.15, -0.1) is 0 Å². The molecule has 0 saturated carbocycles. The van der Waals surface area contributed by atoms with Gasteiger partial charge in [0.15, 0.2) is 0 Å². The lowest BCUT2D eigenvalue weighted by molar-refractivity contribution is -0.138. The smallest absolute Gasteiger partial charge is 0.312 e. The van der Waals surface area contributed by atoms with Crippen LogP contribution in [0.3, 0.4) is 0 Å². The zero-order valence-electron chi connectivity index (χ0n) is 7.81. The number of benzene rings is 1. The van der Waals surface area contributed by atoms with Gasteiger partial charge in [-0.25, -0.2) is 13.2 Å². The number of halogens is 4. The number of carboxylic acid groups (broad SMARTS) is 1. The molecule has 88 valence electrons. The molecule has 0 radical (unpaired) electrons. The highest BCUT2D eigenvalue weighted by Gasteiger charge is 2.28. The third kappa shape index (κ3) is 2.19. The van der Waals surface area contributed by atoms with Crippen LogP contribution in [0.4, 0.5) is 13.2 Å². The average Bonchev–Trinajstić information content (AvgIpc) is 2.20. The number of nitrogens with two attached hydrogens (primary N) is 1. The maximum absolute atomic E-state index is 13.5. The second kappa shape index (κ2) is 4.84. The number of carbonyl (C=O) groups is 1. The second-order valence-corrected chi connectivity index (χ2v) is 3.80. The number of carboxylic acids is 1. The van der Waals surface area contributed by atoms with Crippen LogP contribution in [0.2, 0.25) is 0 Å². The Morgan fingerprint density at radius 2 is 2.00 bits per heavy atom. The molecular formula is C9H7BrF3NO2. The summed E-state index contributed by atoms with van der Waals surface area (Å²) in [5.74, 6) is -6.71. The maximum atomic E-state index is 13.5. The van der Waals surface area contributed by atoms with Crippen molar-refractivity contribution in [2.75, 3.05) is 6.54 Å². The van der Waals surface area contributed by atoms with E-state index in [4.69, 9.17) is 10.8 Å². The first-order chi connectivity index (χ1) is 7.40. The molecule has 1 atom stereocenters. The van der Waals surface area contributed by atoms with Crippen LogP contribution in [-0.4, -0.2) is 17.6 Å². The van der Waals surface area contributed by atoms with E-state index in [0.29, 0.717) is 6.07 Å². The fourth-order valence-corrected chi connectivity index (χ4v) is 1.57. The van der Waals surface area contributed by atoms with Crippen molar-refractivity contribution in [3.63, 3.8) is 0 Å². The van der Waals surface area contributed by atoms with Gasteiger partial charge >= 0.3 is 5.97 Å². The minimum Gasteiger partial charge on any atom is -0.481 e. The molecule has 0 heterocycles. The summed E-state index contributed by atoms with van der Waals surface area (Å²) in [6, 6.07) is 0.411. The van der Waals surface area contributed by atoms with Gasteiger partial charge < -0.3 is 10.8 Å². The molecule has 1 aromatic carbocycles. The summed E-state index contributed by atoms with van der Waals surface area (Å²) in [6.45, 7) is -0.485. The van der Waals surface area contributed by atoms with Gasteiger partial charge in [-0.05, 0) is 15.9 Å². The van der Waals surface area contributed by atoms with E-state index in [1.165, 1.54) is 0 Å². The Bertz CT molecular complexity index is 439. The molecule has 0 aliphatic carbocycles. The minimum atomic E-state index is -1.54. The molecule has 7 heteroatoms. The highest BCUT2D eigenvalue weighted by atomic mass is 79.9. The first-order valence-electron chi connectivity index (χ1n) is 4.15. The molecule has 0 saturated heterocycles. The third-order valence-electron chi connectivity index (χ3n) is 2.03. The van der Waals surface area contributed by atoms with E-state index in [0.717, 1.165) is 0 Å². The van der Waals surface area contributed by atoms with Crippen LogP contribution in [0.1, 0.15) is 11.5 Å². The van der Waals surface area contributed by atoms with Crippen molar-refractivity contribution in [3.8, 4) is 0 Å². The molecule has 0 aromatic heterocycles. The Morgan fingerprint density at radius 1 is 1.44 bits per heavy atom. The molecule has 1 unspecified atom stereocenters. The summed E-state index contributed by atoms with van der Waals surface area (Å²) in [6.07, 6.45) is 0. The monoisotopic (exact) mass is 297 g/mol. The Balaban J connectivity index is 3.43. The van der Waals surface area contributed by atoms with Crippen LogP contribution in [0.25, 0.3) is 0 Å². The molecule has 0 spiro atoms. The van der Waals surface area contributed by atoms with Crippen molar-refractivity contribution in [3.05, 3.63) is 33.6 Å². The van der Waals surface area contributed by atoms with Gasteiger partial charge in [0.2, 0.25) is 0 Å². The van der Waals surface area contributed by atoms with Crippen LogP contribution in [0, 0.1) is 17.5 Å². The molecule has 0 aliphatic rings. The Kier molecular flexibility index (Phi) is 3.93. The fraction of sp³-hybridized carbons (Fsp3) is 0.222. The molecule has 0 bridgehead atoms. The number of rotatable bonds is 3. The van der Waals surface area contributed by atoms with Crippen molar-refractivity contribution >= 4 is 21.9 Å². The van der Waals surface area contributed by atoms with E-state index in [2.05, 4.69) is 15.9 Å². The van der Waals surface area contributed by atoms with Crippen molar-refractivity contribution in [2.45, 2.75) is 5.92 Å². The van der Waals surface area contributed by atoms with Crippen molar-refractivity contribution < 1.29 is 23.1 Å². The standard InChI is InChI=1S/C9H7BrF3NO2/c10-7-5(12)1-4(11)6(8(7)13)3(2-14)9(15)16/h1,3H,2,14H2,(H,15,16). The van der Waals surface area contributed by atoms with Crippen LogP contribution >= 0.6 is 15.9 Å². The molecule has 0 aliphatic heterocycles. The predicted molar refractivity (Wildman–Crippen MR) is 53.4 cm³/mol. The van der Waals surface area contributed by atoms with Crippen molar-refractivity contribution in [1.29, 1.82) is 0 Å². The summed E-state index contributed by atoms with van der Waals surface area (Å²) >= 11 is 2.56. The lowest BCUT2D eigenvalue weighted by Crippen LogP contribution is -2.23. The highest BCUT2D eigenvalue weighted by Crippen LogP contribution is 2.30. The van der Waals surface area contributed by atoms with Gasteiger partial charge in [0, 0.05) is 18.2 Å². The van der Waals surface area contributed by atoms with Crippen LogP contribution in [0.15, 0.2) is 10.5 Å². The first-order valence-corrected chi connectivity index (χ1v) is 4.95. The zero-order chi connectivity index (χ0) is 12.5. The van der Waals surface area contributed by atoms with Gasteiger partial charge in [0.05, 0.1) is 10.4 Å². The summed E-state index contributed by atoms with van der Waals surface area (Å²) in [5.41, 5.74) is 4.36. The topological polar surface area (TPSA) is 63.3 Å².